The predicted octanol–water partition coefficient (Wildman–Crippen LogP) is 11.4. The minimum Gasteiger partial charge on any atom is -0.360 e. The van der Waals surface area contributed by atoms with Gasteiger partial charge >= 0.3 is 0 Å². The monoisotopic (exact) mass is 625 g/mol. The Hall–Kier alpha value is -6.45. The lowest BCUT2D eigenvalue weighted by atomic mass is 10.00. The summed E-state index contributed by atoms with van der Waals surface area (Å²) in [5, 5.41) is 13.8. The topological polar surface area (TPSA) is 29.3 Å². The van der Waals surface area contributed by atoms with Gasteiger partial charge in [0.25, 0.3) is 0 Å². The minimum absolute atomic E-state index is 0.193. The molecule has 0 amide bonds. The maximum absolute atomic E-state index is 5.24. The number of nitrogens with zero attached hydrogens (tertiary/aromatic N) is 2. The van der Waals surface area contributed by atoms with Crippen molar-refractivity contribution in [2.45, 2.75) is 6.17 Å². The lowest BCUT2D eigenvalue weighted by Gasteiger charge is -2.25. The molecule has 8 aromatic carbocycles. The number of fused-ring (bicyclic) bond motifs is 8. The second-order valence-corrected chi connectivity index (χ2v) is 12.8. The Morgan fingerprint density at radius 3 is 1.69 bits per heavy atom. The number of nitrogens with one attached hydrogen (secondary N) is 1. The van der Waals surface area contributed by atoms with E-state index in [2.05, 4.69) is 186 Å². The fourth-order valence-electron chi connectivity index (χ4n) is 7.62. The smallest absolute Gasteiger partial charge is 0.145 e. The quantitative estimate of drug-likeness (QED) is 0.207. The molecule has 2 heterocycles. The maximum atomic E-state index is 5.24. The van der Waals surface area contributed by atoms with E-state index in [9.17, 15) is 0 Å². The van der Waals surface area contributed by atoms with Crippen LogP contribution in [0.15, 0.2) is 181 Å². The van der Waals surface area contributed by atoms with Crippen molar-refractivity contribution in [3.05, 3.63) is 193 Å². The van der Waals surface area contributed by atoms with Gasteiger partial charge in [-0.1, -0.05) is 140 Å². The van der Waals surface area contributed by atoms with Gasteiger partial charge in [0, 0.05) is 22.2 Å². The van der Waals surface area contributed by atoms with Gasteiger partial charge in [0.05, 0.1) is 16.7 Å². The van der Waals surface area contributed by atoms with Crippen LogP contribution in [0.2, 0.25) is 0 Å². The van der Waals surface area contributed by atoms with Crippen molar-refractivity contribution < 1.29 is 0 Å². The zero-order valence-electron chi connectivity index (χ0n) is 26.7. The first-order valence-electron chi connectivity index (χ1n) is 16.8. The number of aromatic nitrogens is 1. The zero-order valence-corrected chi connectivity index (χ0v) is 26.7. The van der Waals surface area contributed by atoms with Gasteiger partial charge in [-0.2, -0.15) is 0 Å². The van der Waals surface area contributed by atoms with Crippen molar-refractivity contribution in [1.29, 1.82) is 0 Å². The molecular weight excluding hydrogens is 595 g/mol. The lowest BCUT2D eigenvalue weighted by Crippen LogP contribution is -2.24. The second kappa shape index (κ2) is 11.1. The number of rotatable bonds is 4. The Labute approximate surface area is 284 Å². The molecule has 49 heavy (non-hydrogen) atoms. The third-order valence-electron chi connectivity index (χ3n) is 9.98. The minimum atomic E-state index is -0.193. The van der Waals surface area contributed by atoms with Crippen molar-refractivity contribution in [2.24, 2.45) is 4.99 Å². The highest BCUT2D eigenvalue weighted by Gasteiger charge is 2.21. The Kier molecular flexibility index (Phi) is 6.25. The van der Waals surface area contributed by atoms with Crippen LogP contribution in [0.1, 0.15) is 22.9 Å². The van der Waals surface area contributed by atoms with Crippen molar-refractivity contribution in [1.82, 2.24) is 9.88 Å². The molecule has 1 N–H and O–H groups in total. The van der Waals surface area contributed by atoms with Crippen LogP contribution in [0.5, 0.6) is 0 Å². The number of allylic oxidation sites excluding steroid dienone is 1. The van der Waals surface area contributed by atoms with E-state index < -0.39 is 0 Å². The van der Waals surface area contributed by atoms with Gasteiger partial charge < -0.3 is 9.88 Å². The van der Waals surface area contributed by atoms with Crippen molar-refractivity contribution in [3.8, 4) is 5.69 Å². The van der Waals surface area contributed by atoms with Crippen molar-refractivity contribution >= 4 is 65.5 Å². The van der Waals surface area contributed by atoms with Crippen LogP contribution in [-0.4, -0.2) is 10.3 Å². The highest BCUT2D eigenvalue weighted by atomic mass is 15.1. The molecule has 3 heteroatoms. The molecule has 1 unspecified atom stereocenters. The molecule has 0 aliphatic carbocycles. The van der Waals surface area contributed by atoms with E-state index >= 15 is 0 Å². The Morgan fingerprint density at radius 2 is 1.02 bits per heavy atom. The summed E-state index contributed by atoms with van der Waals surface area (Å²) in [6, 6.07) is 61.1. The zero-order chi connectivity index (χ0) is 32.3. The average Bonchev–Trinajstić information content (AvgIpc) is 3.53. The molecule has 0 radical (unpaired) electrons. The van der Waals surface area contributed by atoms with Gasteiger partial charge in [-0.15, -0.1) is 0 Å². The first kappa shape index (κ1) is 27.6. The number of hydrogen-bond acceptors (Lipinski definition) is 2. The third-order valence-corrected chi connectivity index (χ3v) is 9.98. The van der Waals surface area contributed by atoms with E-state index in [0.717, 1.165) is 33.8 Å². The second-order valence-electron chi connectivity index (χ2n) is 12.8. The fraction of sp³-hybridized carbons (Fsp3) is 0.0217. The summed E-state index contributed by atoms with van der Waals surface area (Å²) in [5.74, 6) is 0. The van der Waals surface area contributed by atoms with Crippen LogP contribution in [-0.2, 0) is 0 Å². The fourth-order valence-corrected chi connectivity index (χ4v) is 7.62. The van der Waals surface area contributed by atoms with Crippen molar-refractivity contribution in [2.75, 3.05) is 0 Å². The summed E-state index contributed by atoms with van der Waals surface area (Å²) in [6.45, 7) is 0. The molecule has 0 spiro atoms. The molecule has 1 aromatic heterocycles. The molecule has 1 atom stereocenters. The lowest BCUT2D eigenvalue weighted by molar-refractivity contribution is 0.664. The Balaban J connectivity index is 1.13. The predicted molar refractivity (Wildman–Crippen MR) is 207 cm³/mol. The molecule has 0 saturated carbocycles. The summed E-state index contributed by atoms with van der Waals surface area (Å²) in [4.78, 5) is 5.24. The summed E-state index contributed by atoms with van der Waals surface area (Å²) in [6.07, 6.45) is 2.00. The Bertz CT molecular complexity index is 2690. The van der Waals surface area contributed by atoms with Gasteiger partial charge in [-0.3, -0.25) is 4.99 Å². The van der Waals surface area contributed by atoms with Gasteiger partial charge in [0.15, 0.2) is 0 Å². The molecule has 0 bridgehead atoms. The summed E-state index contributed by atoms with van der Waals surface area (Å²) < 4.78 is 2.42. The first-order chi connectivity index (χ1) is 24.3. The molecule has 1 aliphatic heterocycles. The molecule has 9 aromatic rings. The maximum Gasteiger partial charge on any atom is 0.145 e. The van der Waals surface area contributed by atoms with Crippen molar-refractivity contribution in [3.63, 3.8) is 0 Å². The number of benzene rings is 8. The van der Waals surface area contributed by atoms with E-state index in [1.807, 2.05) is 0 Å². The van der Waals surface area contributed by atoms with Gasteiger partial charge in [-0.05, 0) is 85.4 Å². The van der Waals surface area contributed by atoms with Crippen LogP contribution >= 0.6 is 0 Å². The molecule has 0 saturated heterocycles. The summed E-state index contributed by atoms with van der Waals surface area (Å²) in [7, 11) is 0. The molecular formula is C46H31N3. The van der Waals surface area contributed by atoms with Crippen LogP contribution in [0.3, 0.4) is 0 Å². The summed E-state index contributed by atoms with van der Waals surface area (Å²) >= 11 is 0. The number of hydrogen-bond donors (Lipinski definition) is 1. The van der Waals surface area contributed by atoms with Gasteiger partial charge in [0.2, 0.25) is 0 Å². The molecule has 3 nitrogen and oxygen atoms in total. The highest BCUT2D eigenvalue weighted by Crippen LogP contribution is 2.40. The molecule has 10 rings (SSSR count). The normalized spacial score (nSPS) is 14.7. The summed E-state index contributed by atoms with van der Waals surface area (Å²) in [5.41, 5.74) is 8.93. The van der Waals surface area contributed by atoms with E-state index in [4.69, 9.17) is 4.99 Å². The van der Waals surface area contributed by atoms with Crippen LogP contribution in [0.25, 0.3) is 65.5 Å². The van der Waals surface area contributed by atoms with E-state index in [1.165, 1.54) is 54.1 Å². The number of aliphatic imine (C=N–C) groups is 1. The van der Waals surface area contributed by atoms with Crippen LogP contribution < -0.4 is 5.32 Å². The largest absolute Gasteiger partial charge is 0.360 e. The molecule has 1 aliphatic rings. The third kappa shape index (κ3) is 4.55. The van der Waals surface area contributed by atoms with Crippen LogP contribution in [0.4, 0.5) is 0 Å². The standard InChI is InChI=1S/C46H31N3/c1-2-13-34(14-3-1)46-47-40(29-41(48-46)36-19-18-30-10-4-5-15-35(30)28-36)33-20-24-37(25-21-33)49-42-26-22-31-11-6-8-16-38(31)44(42)45-39-17-9-7-12-32(39)23-27-43(45)49/h1-29,46,48H. The van der Waals surface area contributed by atoms with Gasteiger partial charge in [-0.25, -0.2) is 0 Å². The molecule has 0 fully saturated rings. The first-order valence-corrected chi connectivity index (χ1v) is 16.8. The van der Waals surface area contributed by atoms with E-state index in [0.29, 0.717) is 0 Å². The Morgan fingerprint density at radius 1 is 0.469 bits per heavy atom. The van der Waals surface area contributed by atoms with Crippen LogP contribution in [0, 0.1) is 0 Å². The van der Waals surface area contributed by atoms with E-state index in [1.54, 1.807) is 0 Å². The SMILES string of the molecule is C1=C(c2ccc3ccccc3c2)NC(c2ccccc2)N=C1c1ccc(-n2c3ccc4ccccc4c3c3c4ccccc4ccc32)cc1. The van der Waals surface area contributed by atoms with E-state index in [-0.39, 0.29) is 6.17 Å². The molecule has 230 valence electrons. The highest BCUT2D eigenvalue weighted by molar-refractivity contribution is 6.28. The van der Waals surface area contributed by atoms with Gasteiger partial charge in [0.1, 0.15) is 6.17 Å². The average molecular weight is 626 g/mol.